The zero-order chi connectivity index (χ0) is 15.3. The summed E-state index contributed by atoms with van der Waals surface area (Å²) in [6.45, 7) is 2.23. The first kappa shape index (κ1) is 15.3. The maximum Gasteiger partial charge on any atom is 0.251 e. The van der Waals surface area contributed by atoms with Crippen LogP contribution >= 0.6 is 0 Å². The van der Waals surface area contributed by atoms with Crippen molar-refractivity contribution in [2.45, 2.75) is 18.4 Å². The van der Waals surface area contributed by atoms with E-state index in [1.807, 2.05) is 0 Å². The maximum absolute atomic E-state index is 12.0. The summed E-state index contributed by atoms with van der Waals surface area (Å²) in [5, 5.41) is 2.66. The summed E-state index contributed by atoms with van der Waals surface area (Å²) in [5.41, 5.74) is 0.278. The quantitative estimate of drug-likeness (QED) is 0.846. The third kappa shape index (κ3) is 3.93. The lowest BCUT2D eigenvalue weighted by atomic mass is 10.2. The number of nitrogens with one attached hydrogen (secondary N) is 2. The van der Waals surface area contributed by atoms with Crippen LogP contribution in [0.5, 0.6) is 0 Å². The topological polar surface area (TPSA) is 88.4 Å². The summed E-state index contributed by atoms with van der Waals surface area (Å²) in [6, 6.07) is 9.35. The van der Waals surface area contributed by atoms with Gasteiger partial charge in [0.1, 0.15) is 5.76 Å². The smallest absolute Gasteiger partial charge is 0.251 e. The molecule has 1 heterocycles. The Morgan fingerprint density at radius 2 is 2.05 bits per heavy atom. The molecule has 0 bridgehead atoms. The first-order valence-electron chi connectivity index (χ1n) is 6.43. The lowest BCUT2D eigenvalue weighted by Crippen LogP contribution is -2.25. The summed E-state index contributed by atoms with van der Waals surface area (Å²) < 4.78 is 31.3. The number of rotatable bonds is 6. The molecular weight excluding hydrogens is 292 g/mol. The average molecular weight is 308 g/mol. The van der Waals surface area contributed by atoms with Crippen LogP contribution in [0.4, 0.5) is 0 Å². The van der Waals surface area contributed by atoms with Crippen LogP contribution in [0, 0.1) is 0 Å². The predicted molar refractivity (Wildman–Crippen MR) is 77.2 cm³/mol. The fourth-order valence-electron chi connectivity index (χ4n) is 1.76. The van der Waals surface area contributed by atoms with Crippen molar-refractivity contribution in [2.24, 2.45) is 0 Å². The number of hydrogen-bond acceptors (Lipinski definition) is 4. The molecule has 2 aromatic rings. The molecule has 0 aliphatic rings. The second kappa shape index (κ2) is 6.55. The highest BCUT2D eigenvalue weighted by Gasteiger charge is 2.15. The van der Waals surface area contributed by atoms with Crippen LogP contribution in [0.3, 0.4) is 0 Å². The Hall–Kier alpha value is -2.12. The standard InChI is InChI=1S/C14H16N2O4S/c1-2-16-21(18,19)13-7-3-5-11(9-13)14(17)15-10-12-6-4-8-20-12/h3-9,16H,2,10H2,1H3,(H,15,17). The molecule has 0 radical (unpaired) electrons. The van der Waals surface area contributed by atoms with Crippen LogP contribution in [-0.2, 0) is 16.6 Å². The fraction of sp³-hybridized carbons (Fsp3) is 0.214. The van der Waals surface area contributed by atoms with Crippen LogP contribution in [0.2, 0.25) is 0 Å². The van der Waals surface area contributed by atoms with E-state index in [0.29, 0.717) is 5.76 Å². The Kier molecular flexibility index (Phi) is 4.77. The van der Waals surface area contributed by atoms with Gasteiger partial charge in [0.25, 0.3) is 5.91 Å². The molecule has 1 amide bonds. The van der Waals surface area contributed by atoms with Gasteiger partial charge in [-0.15, -0.1) is 0 Å². The van der Waals surface area contributed by atoms with Crippen molar-refractivity contribution in [1.29, 1.82) is 0 Å². The van der Waals surface area contributed by atoms with Crippen molar-refractivity contribution in [2.75, 3.05) is 6.54 Å². The molecule has 112 valence electrons. The zero-order valence-electron chi connectivity index (χ0n) is 11.5. The highest BCUT2D eigenvalue weighted by molar-refractivity contribution is 7.89. The number of sulfonamides is 1. The van der Waals surface area contributed by atoms with E-state index in [-0.39, 0.29) is 29.5 Å². The molecule has 0 saturated carbocycles. The Bertz CT molecular complexity index is 708. The van der Waals surface area contributed by atoms with E-state index in [1.54, 1.807) is 25.1 Å². The van der Waals surface area contributed by atoms with Crippen LogP contribution < -0.4 is 10.0 Å². The molecule has 0 unspecified atom stereocenters. The molecule has 21 heavy (non-hydrogen) atoms. The van der Waals surface area contributed by atoms with Gasteiger partial charge in [0.05, 0.1) is 17.7 Å². The largest absolute Gasteiger partial charge is 0.467 e. The van der Waals surface area contributed by atoms with Gasteiger partial charge < -0.3 is 9.73 Å². The van der Waals surface area contributed by atoms with E-state index >= 15 is 0 Å². The monoisotopic (exact) mass is 308 g/mol. The van der Waals surface area contributed by atoms with Crippen molar-refractivity contribution >= 4 is 15.9 Å². The normalized spacial score (nSPS) is 11.3. The summed E-state index contributed by atoms with van der Waals surface area (Å²) in [5.74, 6) is 0.264. The second-order valence-corrected chi connectivity index (χ2v) is 6.06. The molecule has 0 saturated heterocycles. The minimum Gasteiger partial charge on any atom is -0.467 e. The fourth-order valence-corrected chi connectivity index (χ4v) is 2.85. The Labute approximate surface area is 123 Å². The van der Waals surface area contributed by atoms with Crippen molar-refractivity contribution in [3.05, 3.63) is 54.0 Å². The first-order valence-corrected chi connectivity index (χ1v) is 7.91. The summed E-state index contributed by atoms with van der Waals surface area (Å²) in [7, 11) is -3.57. The number of furan rings is 1. The SMILES string of the molecule is CCNS(=O)(=O)c1cccc(C(=O)NCc2ccco2)c1. The molecule has 7 heteroatoms. The van der Waals surface area contributed by atoms with Crippen molar-refractivity contribution < 1.29 is 17.6 Å². The highest BCUT2D eigenvalue weighted by atomic mass is 32.2. The zero-order valence-corrected chi connectivity index (χ0v) is 12.3. The van der Waals surface area contributed by atoms with Gasteiger partial charge in [-0.25, -0.2) is 13.1 Å². The van der Waals surface area contributed by atoms with Crippen molar-refractivity contribution in [3.63, 3.8) is 0 Å². The lowest BCUT2D eigenvalue weighted by Gasteiger charge is -2.07. The molecular formula is C14H16N2O4S. The summed E-state index contributed by atoms with van der Waals surface area (Å²) in [6.07, 6.45) is 1.52. The minimum atomic E-state index is -3.57. The van der Waals surface area contributed by atoms with Crippen LogP contribution in [0.15, 0.2) is 52.0 Å². The number of benzene rings is 1. The molecule has 1 aromatic carbocycles. The molecule has 0 fully saturated rings. The average Bonchev–Trinajstić information content (AvgIpc) is 2.98. The number of carbonyl (C=O) groups excluding carboxylic acids is 1. The van der Waals surface area contributed by atoms with Gasteiger partial charge in [-0.05, 0) is 30.3 Å². The van der Waals surface area contributed by atoms with E-state index in [9.17, 15) is 13.2 Å². The second-order valence-electron chi connectivity index (χ2n) is 4.29. The number of amides is 1. The molecule has 6 nitrogen and oxygen atoms in total. The van der Waals surface area contributed by atoms with E-state index in [4.69, 9.17) is 4.42 Å². The van der Waals surface area contributed by atoms with Crippen LogP contribution in [0.25, 0.3) is 0 Å². The summed E-state index contributed by atoms with van der Waals surface area (Å²) >= 11 is 0. The highest BCUT2D eigenvalue weighted by Crippen LogP contribution is 2.11. The minimum absolute atomic E-state index is 0.0648. The van der Waals surface area contributed by atoms with Gasteiger partial charge in [0.15, 0.2) is 0 Å². The van der Waals surface area contributed by atoms with Crippen molar-refractivity contribution in [3.8, 4) is 0 Å². The Morgan fingerprint density at radius 1 is 1.24 bits per heavy atom. The van der Waals surface area contributed by atoms with E-state index < -0.39 is 10.0 Å². The van der Waals surface area contributed by atoms with Gasteiger partial charge in [0, 0.05) is 12.1 Å². The van der Waals surface area contributed by atoms with E-state index in [2.05, 4.69) is 10.0 Å². The predicted octanol–water partition coefficient (Wildman–Crippen LogP) is 1.51. The van der Waals surface area contributed by atoms with Gasteiger partial charge in [0.2, 0.25) is 10.0 Å². The molecule has 1 aromatic heterocycles. The first-order chi connectivity index (χ1) is 10.0. The van der Waals surface area contributed by atoms with Gasteiger partial charge in [-0.1, -0.05) is 13.0 Å². The molecule has 0 atom stereocenters. The van der Waals surface area contributed by atoms with Gasteiger partial charge in [-0.2, -0.15) is 0 Å². The molecule has 0 spiro atoms. The van der Waals surface area contributed by atoms with Crippen LogP contribution in [0.1, 0.15) is 23.0 Å². The van der Waals surface area contributed by atoms with Crippen LogP contribution in [-0.4, -0.2) is 20.9 Å². The van der Waals surface area contributed by atoms with Gasteiger partial charge >= 0.3 is 0 Å². The van der Waals surface area contributed by atoms with E-state index in [1.165, 1.54) is 24.5 Å². The molecule has 0 aliphatic heterocycles. The number of hydrogen-bond donors (Lipinski definition) is 2. The molecule has 0 aliphatic carbocycles. The Morgan fingerprint density at radius 3 is 2.71 bits per heavy atom. The Balaban J connectivity index is 2.11. The van der Waals surface area contributed by atoms with Gasteiger partial charge in [-0.3, -0.25) is 4.79 Å². The molecule has 2 rings (SSSR count). The maximum atomic E-state index is 12.0. The molecule has 2 N–H and O–H groups in total. The van der Waals surface area contributed by atoms with E-state index in [0.717, 1.165) is 0 Å². The van der Waals surface area contributed by atoms with Crippen molar-refractivity contribution in [1.82, 2.24) is 10.0 Å². The third-order valence-corrected chi connectivity index (χ3v) is 4.29. The third-order valence-electron chi connectivity index (χ3n) is 2.74. The number of carbonyl (C=O) groups is 1. The summed E-state index contributed by atoms with van der Waals surface area (Å²) in [4.78, 5) is 12.1. The lowest BCUT2D eigenvalue weighted by molar-refractivity contribution is 0.0948.